The fraction of sp³-hybridized carbons (Fsp3) is 0.462. The molecule has 0 saturated heterocycles. The van der Waals surface area contributed by atoms with Gasteiger partial charge in [-0.25, -0.2) is 0 Å². The van der Waals surface area contributed by atoms with Crippen LogP contribution in [0.2, 0.25) is 0 Å². The average Bonchev–Trinajstić information content (AvgIpc) is 2.26. The molecule has 1 atom stereocenters. The largest absolute Gasteiger partial charge is 0.349 e. The molecule has 1 rings (SSSR count). The minimum absolute atomic E-state index is 0.200. The van der Waals surface area contributed by atoms with Gasteiger partial charge in [-0.15, -0.1) is 0 Å². The van der Waals surface area contributed by atoms with Crippen LogP contribution in [0.5, 0.6) is 0 Å². The summed E-state index contributed by atoms with van der Waals surface area (Å²) in [5, 5.41) is 0. The van der Waals surface area contributed by atoms with E-state index in [0.29, 0.717) is 12.3 Å². The molecule has 0 radical (unpaired) electrons. The summed E-state index contributed by atoms with van der Waals surface area (Å²) in [6, 6.07) is 10.2. The molecule has 0 spiro atoms. The molecule has 0 heterocycles. The van der Waals surface area contributed by atoms with E-state index >= 15 is 0 Å². The SMILES string of the molecule is CC[C@H](CC(=O)N(C)C)c1ccccc1. The first-order chi connectivity index (χ1) is 7.15. The van der Waals surface area contributed by atoms with Gasteiger partial charge in [0.15, 0.2) is 0 Å². The van der Waals surface area contributed by atoms with Crippen molar-refractivity contribution < 1.29 is 4.79 Å². The molecule has 1 aromatic carbocycles. The zero-order valence-electron chi connectivity index (χ0n) is 9.73. The van der Waals surface area contributed by atoms with Crippen molar-refractivity contribution in [3.63, 3.8) is 0 Å². The standard InChI is InChI=1S/C13H19NO/c1-4-11(10-13(15)14(2)3)12-8-6-5-7-9-12/h5-9,11H,4,10H2,1-3H3/t11-/m1/s1. The molecular formula is C13H19NO. The normalized spacial score (nSPS) is 12.2. The Morgan fingerprint density at radius 3 is 2.33 bits per heavy atom. The predicted octanol–water partition coefficient (Wildman–Crippen LogP) is 2.66. The maximum atomic E-state index is 11.6. The van der Waals surface area contributed by atoms with Crippen molar-refractivity contribution in [3.05, 3.63) is 35.9 Å². The second-order valence-electron chi connectivity index (χ2n) is 4.01. The Bertz CT molecular complexity index is 306. The average molecular weight is 205 g/mol. The molecule has 1 aromatic rings. The predicted molar refractivity (Wildman–Crippen MR) is 62.8 cm³/mol. The van der Waals surface area contributed by atoms with Crippen molar-refractivity contribution in [1.82, 2.24) is 4.90 Å². The molecule has 15 heavy (non-hydrogen) atoms. The van der Waals surface area contributed by atoms with Crippen LogP contribution in [0, 0.1) is 0 Å². The van der Waals surface area contributed by atoms with Crippen LogP contribution in [0.25, 0.3) is 0 Å². The molecule has 82 valence electrons. The zero-order chi connectivity index (χ0) is 11.3. The van der Waals surface area contributed by atoms with Crippen LogP contribution >= 0.6 is 0 Å². The number of hydrogen-bond acceptors (Lipinski definition) is 1. The van der Waals surface area contributed by atoms with Crippen molar-refractivity contribution in [1.29, 1.82) is 0 Å². The molecule has 0 aliphatic rings. The van der Waals surface area contributed by atoms with Crippen LogP contribution in [0.4, 0.5) is 0 Å². The highest BCUT2D eigenvalue weighted by atomic mass is 16.2. The van der Waals surface area contributed by atoms with Gasteiger partial charge in [-0.2, -0.15) is 0 Å². The summed E-state index contributed by atoms with van der Waals surface area (Å²) in [4.78, 5) is 13.3. The molecule has 0 aromatic heterocycles. The summed E-state index contributed by atoms with van der Waals surface area (Å²) in [6.07, 6.45) is 1.61. The molecule has 0 aliphatic carbocycles. The van der Waals surface area contributed by atoms with E-state index in [0.717, 1.165) is 6.42 Å². The molecule has 2 heteroatoms. The van der Waals surface area contributed by atoms with Crippen LogP contribution in [-0.4, -0.2) is 24.9 Å². The van der Waals surface area contributed by atoms with E-state index in [-0.39, 0.29) is 5.91 Å². The van der Waals surface area contributed by atoms with Gasteiger partial charge in [0.05, 0.1) is 0 Å². The summed E-state index contributed by atoms with van der Waals surface area (Å²) in [5.74, 6) is 0.548. The van der Waals surface area contributed by atoms with Gasteiger partial charge in [-0.3, -0.25) is 4.79 Å². The molecule has 2 nitrogen and oxygen atoms in total. The molecule has 0 saturated carbocycles. The second-order valence-corrected chi connectivity index (χ2v) is 4.01. The molecule has 0 fully saturated rings. The van der Waals surface area contributed by atoms with Crippen LogP contribution in [-0.2, 0) is 4.79 Å². The van der Waals surface area contributed by atoms with E-state index in [4.69, 9.17) is 0 Å². The molecule has 0 bridgehead atoms. The Labute approximate surface area is 91.9 Å². The van der Waals surface area contributed by atoms with Gasteiger partial charge in [0, 0.05) is 20.5 Å². The highest BCUT2D eigenvalue weighted by molar-refractivity contribution is 5.76. The van der Waals surface area contributed by atoms with Crippen molar-refractivity contribution in [2.45, 2.75) is 25.7 Å². The summed E-state index contributed by atoms with van der Waals surface area (Å²) in [6.45, 7) is 2.13. The first-order valence-corrected chi connectivity index (χ1v) is 5.40. The number of carbonyl (C=O) groups is 1. The van der Waals surface area contributed by atoms with Crippen LogP contribution in [0.15, 0.2) is 30.3 Å². The fourth-order valence-electron chi connectivity index (χ4n) is 1.62. The fourth-order valence-corrected chi connectivity index (χ4v) is 1.62. The van der Waals surface area contributed by atoms with Gasteiger partial charge < -0.3 is 4.90 Å². The Morgan fingerprint density at radius 1 is 1.27 bits per heavy atom. The molecular weight excluding hydrogens is 186 g/mol. The van der Waals surface area contributed by atoms with Crippen molar-refractivity contribution >= 4 is 5.91 Å². The first kappa shape index (κ1) is 11.8. The topological polar surface area (TPSA) is 20.3 Å². The Hall–Kier alpha value is -1.31. The number of nitrogens with zero attached hydrogens (tertiary/aromatic N) is 1. The summed E-state index contributed by atoms with van der Waals surface area (Å²) in [5.41, 5.74) is 1.26. The van der Waals surface area contributed by atoms with Crippen LogP contribution in [0.3, 0.4) is 0 Å². The van der Waals surface area contributed by atoms with Gasteiger partial charge >= 0.3 is 0 Å². The van der Waals surface area contributed by atoms with Crippen molar-refractivity contribution in [2.75, 3.05) is 14.1 Å². The lowest BCUT2D eigenvalue weighted by Crippen LogP contribution is -2.23. The number of carbonyl (C=O) groups excluding carboxylic acids is 1. The third-order valence-electron chi connectivity index (χ3n) is 2.68. The third-order valence-corrected chi connectivity index (χ3v) is 2.68. The number of rotatable bonds is 4. The maximum absolute atomic E-state index is 11.6. The highest BCUT2D eigenvalue weighted by Gasteiger charge is 2.14. The minimum atomic E-state index is 0.200. The van der Waals surface area contributed by atoms with Gasteiger partial charge in [0.2, 0.25) is 5.91 Å². The molecule has 0 unspecified atom stereocenters. The van der Waals surface area contributed by atoms with E-state index in [1.807, 2.05) is 18.2 Å². The van der Waals surface area contributed by atoms with Gasteiger partial charge in [0.1, 0.15) is 0 Å². The van der Waals surface area contributed by atoms with E-state index in [9.17, 15) is 4.79 Å². The summed E-state index contributed by atoms with van der Waals surface area (Å²) in [7, 11) is 3.61. The Balaban J connectivity index is 2.69. The lowest BCUT2D eigenvalue weighted by atomic mass is 9.93. The number of amides is 1. The monoisotopic (exact) mass is 205 g/mol. The molecule has 1 amide bonds. The van der Waals surface area contributed by atoms with E-state index in [1.54, 1.807) is 19.0 Å². The zero-order valence-corrected chi connectivity index (χ0v) is 9.73. The van der Waals surface area contributed by atoms with Gasteiger partial charge in [-0.05, 0) is 17.9 Å². The van der Waals surface area contributed by atoms with Gasteiger partial charge in [0.25, 0.3) is 0 Å². The molecule has 0 aliphatic heterocycles. The lowest BCUT2D eigenvalue weighted by Gasteiger charge is -2.17. The van der Waals surface area contributed by atoms with E-state index in [2.05, 4.69) is 19.1 Å². The second kappa shape index (κ2) is 5.54. The maximum Gasteiger partial charge on any atom is 0.222 e. The smallest absolute Gasteiger partial charge is 0.222 e. The Morgan fingerprint density at radius 2 is 1.87 bits per heavy atom. The highest BCUT2D eigenvalue weighted by Crippen LogP contribution is 2.23. The first-order valence-electron chi connectivity index (χ1n) is 5.40. The van der Waals surface area contributed by atoms with Crippen LogP contribution < -0.4 is 0 Å². The summed E-state index contributed by atoms with van der Waals surface area (Å²) >= 11 is 0. The number of hydrogen-bond donors (Lipinski definition) is 0. The van der Waals surface area contributed by atoms with E-state index in [1.165, 1.54) is 5.56 Å². The number of benzene rings is 1. The molecule has 0 N–H and O–H groups in total. The lowest BCUT2D eigenvalue weighted by molar-refractivity contribution is -0.129. The minimum Gasteiger partial charge on any atom is -0.349 e. The Kier molecular flexibility index (Phi) is 4.35. The van der Waals surface area contributed by atoms with Crippen molar-refractivity contribution in [3.8, 4) is 0 Å². The van der Waals surface area contributed by atoms with Crippen molar-refractivity contribution in [2.24, 2.45) is 0 Å². The summed E-state index contributed by atoms with van der Waals surface area (Å²) < 4.78 is 0. The van der Waals surface area contributed by atoms with Gasteiger partial charge in [-0.1, -0.05) is 37.3 Å². The van der Waals surface area contributed by atoms with Crippen LogP contribution in [0.1, 0.15) is 31.2 Å². The van der Waals surface area contributed by atoms with E-state index < -0.39 is 0 Å². The third kappa shape index (κ3) is 3.39. The quantitative estimate of drug-likeness (QED) is 0.740.